The van der Waals surface area contributed by atoms with E-state index in [4.69, 9.17) is 0 Å². The Hall–Kier alpha value is -2.08. The third kappa shape index (κ3) is 2.92. The highest BCUT2D eigenvalue weighted by atomic mass is 15.1. The maximum atomic E-state index is 9.80. The zero-order chi connectivity index (χ0) is 16.3. The van der Waals surface area contributed by atoms with Crippen molar-refractivity contribution in [2.24, 2.45) is 0 Å². The highest BCUT2D eigenvalue weighted by Crippen LogP contribution is 2.37. The highest BCUT2D eigenvalue weighted by Gasteiger charge is 2.39. The second-order valence-corrected chi connectivity index (χ2v) is 6.42. The van der Waals surface area contributed by atoms with E-state index >= 15 is 0 Å². The average Bonchev–Trinajstić information content (AvgIpc) is 2.54. The fourth-order valence-electron chi connectivity index (χ4n) is 3.07. The number of hydrogen-bond acceptors (Lipinski definition) is 3. The van der Waals surface area contributed by atoms with E-state index in [2.05, 4.69) is 43.3 Å². The van der Waals surface area contributed by atoms with Gasteiger partial charge in [0.1, 0.15) is 5.41 Å². The zero-order valence-corrected chi connectivity index (χ0v) is 14.1. The Morgan fingerprint density at radius 1 is 1.32 bits per heavy atom. The molecule has 0 saturated carbocycles. The number of pyridine rings is 1. The first-order chi connectivity index (χ1) is 10.4. The number of hydrogen-bond donors (Lipinski definition) is 0. The van der Waals surface area contributed by atoms with Crippen LogP contribution in [0, 0.1) is 18.3 Å². The van der Waals surface area contributed by atoms with Gasteiger partial charge in [0, 0.05) is 25.0 Å². The highest BCUT2D eigenvalue weighted by molar-refractivity contribution is 5.35. The molecule has 0 atom stereocenters. The van der Waals surface area contributed by atoms with Gasteiger partial charge in [-0.05, 0) is 57.7 Å². The van der Waals surface area contributed by atoms with E-state index < -0.39 is 5.41 Å². The van der Waals surface area contributed by atoms with Crippen LogP contribution in [0.5, 0.6) is 0 Å². The number of aryl methyl sites for hydroxylation is 1. The molecule has 0 bridgehead atoms. The molecule has 1 aliphatic rings. The van der Waals surface area contributed by atoms with Crippen LogP contribution < -0.4 is 0 Å². The van der Waals surface area contributed by atoms with Crippen molar-refractivity contribution >= 4 is 0 Å². The molecule has 3 nitrogen and oxygen atoms in total. The van der Waals surface area contributed by atoms with Gasteiger partial charge in [-0.1, -0.05) is 18.2 Å². The van der Waals surface area contributed by atoms with Crippen molar-refractivity contribution in [1.82, 2.24) is 9.88 Å². The van der Waals surface area contributed by atoms with Crippen LogP contribution in [0.15, 0.2) is 41.8 Å². The maximum Gasteiger partial charge on any atom is 0.103 e. The van der Waals surface area contributed by atoms with Gasteiger partial charge >= 0.3 is 0 Å². The molecule has 3 heteroatoms. The summed E-state index contributed by atoms with van der Waals surface area (Å²) >= 11 is 0. The minimum absolute atomic E-state index is 0.457. The molecule has 0 radical (unpaired) electrons. The number of likely N-dealkylation sites (tertiary alicyclic amines) is 1. The largest absolute Gasteiger partial charge is 0.372 e. The predicted molar refractivity (Wildman–Crippen MR) is 90.3 cm³/mol. The lowest BCUT2D eigenvalue weighted by Gasteiger charge is -2.39. The Morgan fingerprint density at radius 3 is 2.45 bits per heavy atom. The van der Waals surface area contributed by atoms with Crippen LogP contribution >= 0.6 is 0 Å². The van der Waals surface area contributed by atoms with Gasteiger partial charge in [-0.2, -0.15) is 5.26 Å². The van der Waals surface area contributed by atoms with E-state index in [0.29, 0.717) is 0 Å². The molecule has 0 spiro atoms. The SMILES string of the molecule is C=C(C(C)=C(C)C)N1CCC(C#N)(c2ncccc2C)CC1. The van der Waals surface area contributed by atoms with Gasteiger partial charge in [0.05, 0.1) is 11.8 Å². The van der Waals surface area contributed by atoms with Crippen LogP contribution in [0.3, 0.4) is 0 Å². The number of piperidine rings is 1. The Morgan fingerprint density at radius 2 is 1.95 bits per heavy atom. The van der Waals surface area contributed by atoms with Gasteiger partial charge in [-0.25, -0.2) is 0 Å². The van der Waals surface area contributed by atoms with Crippen molar-refractivity contribution in [2.45, 2.75) is 46.0 Å². The smallest absolute Gasteiger partial charge is 0.103 e. The van der Waals surface area contributed by atoms with Crippen LogP contribution in [-0.2, 0) is 5.41 Å². The first-order valence-corrected chi connectivity index (χ1v) is 7.83. The lowest BCUT2D eigenvalue weighted by atomic mass is 9.75. The molecule has 1 aromatic heterocycles. The summed E-state index contributed by atoms with van der Waals surface area (Å²) in [5, 5.41) is 9.80. The van der Waals surface area contributed by atoms with Crippen molar-refractivity contribution in [3.05, 3.63) is 53.0 Å². The van der Waals surface area contributed by atoms with Gasteiger partial charge in [-0.15, -0.1) is 0 Å². The van der Waals surface area contributed by atoms with E-state index in [0.717, 1.165) is 42.9 Å². The summed E-state index contributed by atoms with van der Waals surface area (Å²) in [6, 6.07) is 6.53. The van der Waals surface area contributed by atoms with E-state index in [1.165, 1.54) is 11.1 Å². The molecule has 0 aromatic carbocycles. The molecule has 0 aliphatic carbocycles. The minimum atomic E-state index is -0.457. The molecule has 0 unspecified atom stereocenters. The van der Waals surface area contributed by atoms with Crippen molar-refractivity contribution in [2.75, 3.05) is 13.1 Å². The second-order valence-electron chi connectivity index (χ2n) is 6.42. The summed E-state index contributed by atoms with van der Waals surface area (Å²) in [4.78, 5) is 6.81. The summed E-state index contributed by atoms with van der Waals surface area (Å²) in [5.74, 6) is 0. The van der Waals surface area contributed by atoms with E-state index in [-0.39, 0.29) is 0 Å². The molecule has 1 aliphatic heterocycles. The number of nitrogens with zero attached hydrogens (tertiary/aromatic N) is 3. The van der Waals surface area contributed by atoms with Crippen molar-refractivity contribution < 1.29 is 0 Å². The number of aromatic nitrogens is 1. The summed E-state index contributed by atoms with van der Waals surface area (Å²) in [5.41, 5.74) is 5.23. The summed E-state index contributed by atoms with van der Waals surface area (Å²) in [6.07, 6.45) is 3.40. The third-order valence-corrected chi connectivity index (χ3v) is 4.86. The van der Waals surface area contributed by atoms with Gasteiger partial charge in [0.15, 0.2) is 0 Å². The number of allylic oxidation sites excluding steroid dienone is 2. The van der Waals surface area contributed by atoms with Crippen LogP contribution in [0.4, 0.5) is 0 Å². The normalized spacial score (nSPS) is 16.8. The molecule has 2 heterocycles. The Kier molecular flexibility index (Phi) is 4.71. The first kappa shape index (κ1) is 16.3. The Bertz CT molecular complexity index is 637. The molecule has 0 N–H and O–H groups in total. The zero-order valence-electron chi connectivity index (χ0n) is 14.1. The molecule has 0 amide bonds. The minimum Gasteiger partial charge on any atom is -0.372 e. The van der Waals surface area contributed by atoms with E-state index in [9.17, 15) is 5.26 Å². The fraction of sp³-hybridized carbons (Fsp3) is 0.474. The lowest BCUT2D eigenvalue weighted by Crippen LogP contribution is -2.42. The second kappa shape index (κ2) is 6.36. The predicted octanol–water partition coefficient (Wildman–Crippen LogP) is 4.12. The van der Waals surface area contributed by atoms with Crippen molar-refractivity contribution in [1.29, 1.82) is 5.26 Å². The molecule has 22 heavy (non-hydrogen) atoms. The van der Waals surface area contributed by atoms with E-state index in [1.807, 2.05) is 19.1 Å². The molecule has 116 valence electrons. The molecule has 2 rings (SSSR count). The van der Waals surface area contributed by atoms with Gasteiger partial charge < -0.3 is 4.90 Å². The first-order valence-electron chi connectivity index (χ1n) is 7.83. The Labute approximate surface area is 134 Å². The number of nitriles is 1. The molecule has 1 saturated heterocycles. The summed E-state index contributed by atoms with van der Waals surface area (Å²) < 4.78 is 0. The maximum absolute atomic E-state index is 9.80. The van der Waals surface area contributed by atoms with E-state index in [1.54, 1.807) is 6.20 Å². The number of rotatable bonds is 3. The van der Waals surface area contributed by atoms with Crippen LogP contribution in [-0.4, -0.2) is 23.0 Å². The molecule has 1 aromatic rings. The van der Waals surface area contributed by atoms with Crippen molar-refractivity contribution in [3.8, 4) is 6.07 Å². The lowest BCUT2D eigenvalue weighted by molar-refractivity contribution is 0.229. The van der Waals surface area contributed by atoms with Crippen LogP contribution in [0.25, 0.3) is 0 Å². The van der Waals surface area contributed by atoms with Crippen LogP contribution in [0.2, 0.25) is 0 Å². The monoisotopic (exact) mass is 295 g/mol. The topological polar surface area (TPSA) is 39.9 Å². The molecular weight excluding hydrogens is 270 g/mol. The van der Waals surface area contributed by atoms with Gasteiger partial charge in [0.2, 0.25) is 0 Å². The molecule has 1 fully saturated rings. The van der Waals surface area contributed by atoms with Crippen LogP contribution in [0.1, 0.15) is 44.9 Å². The Balaban J connectivity index is 2.20. The van der Waals surface area contributed by atoms with Crippen molar-refractivity contribution in [3.63, 3.8) is 0 Å². The van der Waals surface area contributed by atoms with Gasteiger partial charge in [0.25, 0.3) is 0 Å². The summed E-state index contributed by atoms with van der Waals surface area (Å²) in [7, 11) is 0. The standard InChI is InChI=1S/C19H25N3/c1-14(2)16(4)17(5)22-11-8-19(13-20,9-12-22)18-15(3)7-6-10-21-18/h6-7,10H,5,8-9,11-12H2,1-4H3. The summed E-state index contributed by atoms with van der Waals surface area (Å²) in [6.45, 7) is 14.3. The molecular formula is C19H25N3. The fourth-order valence-corrected chi connectivity index (χ4v) is 3.07. The quantitative estimate of drug-likeness (QED) is 0.788. The van der Waals surface area contributed by atoms with Gasteiger partial charge in [-0.3, -0.25) is 4.98 Å². The average molecular weight is 295 g/mol. The third-order valence-electron chi connectivity index (χ3n) is 4.86.